The SMILES string of the molecule is C=C(c1ccccc1)C(NCc1ccccc1)C(C)C. The minimum Gasteiger partial charge on any atom is -0.306 e. The van der Waals surface area contributed by atoms with E-state index >= 15 is 0 Å². The monoisotopic (exact) mass is 265 g/mol. The first-order chi connectivity index (χ1) is 9.68. The van der Waals surface area contributed by atoms with E-state index in [0.717, 1.165) is 12.1 Å². The Labute approximate surface area is 122 Å². The van der Waals surface area contributed by atoms with Gasteiger partial charge >= 0.3 is 0 Å². The summed E-state index contributed by atoms with van der Waals surface area (Å²) in [7, 11) is 0. The molecule has 1 atom stereocenters. The Bertz CT molecular complexity index is 528. The molecule has 104 valence electrons. The van der Waals surface area contributed by atoms with E-state index in [4.69, 9.17) is 0 Å². The molecule has 1 unspecified atom stereocenters. The summed E-state index contributed by atoms with van der Waals surface area (Å²) in [5, 5.41) is 3.63. The quantitative estimate of drug-likeness (QED) is 0.810. The van der Waals surface area contributed by atoms with Crippen molar-refractivity contribution in [3.8, 4) is 0 Å². The van der Waals surface area contributed by atoms with Gasteiger partial charge in [-0.15, -0.1) is 0 Å². The molecule has 0 aliphatic carbocycles. The van der Waals surface area contributed by atoms with Gasteiger partial charge in [0.05, 0.1) is 0 Å². The van der Waals surface area contributed by atoms with Crippen molar-refractivity contribution < 1.29 is 0 Å². The molecule has 1 nitrogen and oxygen atoms in total. The van der Waals surface area contributed by atoms with Gasteiger partial charge in [0.25, 0.3) is 0 Å². The first kappa shape index (κ1) is 14.5. The van der Waals surface area contributed by atoms with Gasteiger partial charge in [-0.3, -0.25) is 0 Å². The summed E-state index contributed by atoms with van der Waals surface area (Å²) in [4.78, 5) is 0. The highest BCUT2D eigenvalue weighted by atomic mass is 14.9. The third-order valence-corrected chi connectivity index (χ3v) is 3.56. The van der Waals surface area contributed by atoms with Crippen molar-refractivity contribution in [2.24, 2.45) is 5.92 Å². The van der Waals surface area contributed by atoms with Gasteiger partial charge < -0.3 is 5.32 Å². The second-order valence-corrected chi connectivity index (χ2v) is 5.48. The molecule has 1 N–H and O–H groups in total. The van der Waals surface area contributed by atoms with Crippen LogP contribution in [0.2, 0.25) is 0 Å². The number of hydrogen-bond donors (Lipinski definition) is 1. The average Bonchev–Trinajstić information content (AvgIpc) is 2.49. The molecule has 0 radical (unpaired) electrons. The molecular weight excluding hydrogens is 242 g/mol. The van der Waals surface area contributed by atoms with Gasteiger partial charge in [0, 0.05) is 12.6 Å². The predicted octanol–water partition coefficient (Wildman–Crippen LogP) is 4.51. The van der Waals surface area contributed by atoms with Crippen molar-refractivity contribution in [1.29, 1.82) is 0 Å². The van der Waals surface area contributed by atoms with Crippen molar-refractivity contribution in [3.63, 3.8) is 0 Å². The fourth-order valence-corrected chi connectivity index (χ4v) is 2.42. The Hall–Kier alpha value is -1.86. The van der Waals surface area contributed by atoms with Crippen LogP contribution in [0.4, 0.5) is 0 Å². The molecule has 2 aromatic carbocycles. The first-order valence-corrected chi connectivity index (χ1v) is 7.20. The second-order valence-electron chi connectivity index (χ2n) is 5.48. The molecule has 20 heavy (non-hydrogen) atoms. The fourth-order valence-electron chi connectivity index (χ4n) is 2.42. The number of benzene rings is 2. The van der Waals surface area contributed by atoms with Gasteiger partial charge in [-0.1, -0.05) is 81.1 Å². The lowest BCUT2D eigenvalue weighted by molar-refractivity contribution is 0.475. The minimum atomic E-state index is 0.289. The lowest BCUT2D eigenvalue weighted by atomic mass is 9.91. The van der Waals surface area contributed by atoms with Gasteiger partial charge in [0.1, 0.15) is 0 Å². The molecule has 0 bridgehead atoms. The van der Waals surface area contributed by atoms with Crippen molar-refractivity contribution in [2.75, 3.05) is 0 Å². The first-order valence-electron chi connectivity index (χ1n) is 7.20. The van der Waals surface area contributed by atoms with Gasteiger partial charge in [0.15, 0.2) is 0 Å². The summed E-state index contributed by atoms with van der Waals surface area (Å²) < 4.78 is 0. The van der Waals surface area contributed by atoms with Crippen LogP contribution in [0.15, 0.2) is 67.2 Å². The highest BCUT2D eigenvalue weighted by Gasteiger charge is 2.17. The minimum absolute atomic E-state index is 0.289. The van der Waals surface area contributed by atoms with E-state index in [-0.39, 0.29) is 6.04 Å². The summed E-state index contributed by atoms with van der Waals surface area (Å²) in [5.41, 5.74) is 3.68. The van der Waals surface area contributed by atoms with Gasteiger partial charge in [-0.05, 0) is 22.6 Å². The van der Waals surface area contributed by atoms with E-state index < -0.39 is 0 Å². The van der Waals surface area contributed by atoms with Crippen LogP contribution in [0.25, 0.3) is 5.57 Å². The van der Waals surface area contributed by atoms with E-state index in [0.29, 0.717) is 5.92 Å². The maximum Gasteiger partial charge on any atom is 0.0346 e. The van der Waals surface area contributed by atoms with E-state index in [9.17, 15) is 0 Å². The van der Waals surface area contributed by atoms with E-state index in [1.54, 1.807) is 0 Å². The standard InChI is InChI=1S/C19H23N/c1-15(2)19(16(3)18-12-8-5-9-13-18)20-14-17-10-6-4-7-11-17/h4-13,15,19-20H,3,14H2,1-2H3. The van der Waals surface area contributed by atoms with Crippen molar-refractivity contribution in [2.45, 2.75) is 26.4 Å². The van der Waals surface area contributed by atoms with Crippen LogP contribution in [0.3, 0.4) is 0 Å². The van der Waals surface area contributed by atoms with Crippen molar-refractivity contribution in [3.05, 3.63) is 78.4 Å². The second kappa shape index (κ2) is 7.06. The largest absolute Gasteiger partial charge is 0.306 e. The predicted molar refractivity (Wildman–Crippen MR) is 87.4 cm³/mol. The van der Waals surface area contributed by atoms with Crippen LogP contribution in [0.5, 0.6) is 0 Å². The zero-order valence-electron chi connectivity index (χ0n) is 12.3. The molecule has 1 heteroatoms. The average molecular weight is 265 g/mol. The molecule has 0 saturated carbocycles. The Morgan fingerprint density at radius 1 is 0.950 bits per heavy atom. The molecule has 0 aliphatic heterocycles. The van der Waals surface area contributed by atoms with Crippen LogP contribution >= 0.6 is 0 Å². The lowest BCUT2D eigenvalue weighted by Gasteiger charge is -2.25. The molecule has 0 aromatic heterocycles. The highest BCUT2D eigenvalue weighted by molar-refractivity contribution is 5.67. The topological polar surface area (TPSA) is 12.0 Å². The molecule has 0 aliphatic rings. The summed E-state index contributed by atoms with van der Waals surface area (Å²) >= 11 is 0. The van der Waals surface area contributed by atoms with Crippen LogP contribution < -0.4 is 5.32 Å². The van der Waals surface area contributed by atoms with Gasteiger partial charge in [0.2, 0.25) is 0 Å². The molecule has 0 heterocycles. The Morgan fingerprint density at radius 3 is 2.05 bits per heavy atom. The van der Waals surface area contributed by atoms with Crippen LogP contribution in [0.1, 0.15) is 25.0 Å². The maximum atomic E-state index is 4.30. The Kier molecular flexibility index (Phi) is 5.14. The molecular formula is C19H23N. The third-order valence-electron chi connectivity index (χ3n) is 3.56. The van der Waals surface area contributed by atoms with E-state index in [2.05, 4.69) is 74.3 Å². The molecule has 2 rings (SSSR count). The fraction of sp³-hybridized carbons (Fsp3) is 0.263. The van der Waals surface area contributed by atoms with Crippen LogP contribution in [0, 0.1) is 5.92 Å². The summed E-state index contributed by atoms with van der Waals surface area (Å²) in [6.07, 6.45) is 0. The summed E-state index contributed by atoms with van der Waals surface area (Å²) in [6.45, 7) is 9.63. The van der Waals surface area contributed by atoms with E-state index in [1.165, 1.54) is 11.1 Å². The maximum absolute atomic E-state index is 4.30. The molecule has 0 spiro atoms. The number of hydrogen-bond acceptors (Lipinski definition) is 1. The normalized spacial score (nSPS) is 12.3. The van der Waals surface area contributed by atoms with E-state index in [1.807, 2.05) is 12.1 Å². The van der Waals surface area contributed by atoms with Crippen LogP contribution in [-0.2, 0) is 6.54 Å². The zero-order chi connectivity index (χ0) is 14.4. The number of rotatable bonds is 6. The summed E-state index contributed by atoms with van der Waals surface area (Å²) in [6, 6.07) is 21.2. The summed E-state index contributed by atoms with van der Waals surface area (Å²) in [5.74, 6) is 0.506. The molecule has 0 amide bonds. The lowest BCUT2D eigenvalue weighted by Crippen LogP contribution is -2.34. The highest BCUT2D eigenvalue weighted by Crippen LogP contribution is 2.21. The Morgan fingerprint density at radius 2 is 1.50 bits per heavy atom. The Balaban J connectivity index is 2.06. The van der Waals surface area contributed by atoms with Crippen molar-refractivity contribution >= 4 is 5.57 Å². The third kappa shape index (κ3) is 3.82. The zero-order valence-corrected chi connectivity index (χ0v) is 12.3. The number of nitrogens with one attached hydrogen (secondary N) is 1. The van der Waals surface area contributed by atoms with Crippen molar-refractivity contribution in [1.82, 2.24) is 5.32 Å². The smallest absolute Gasteiger partial charge is 0.0346 e. The molecule has 0 fully saturated rings. The molecule has 0 saturated heterocycles. The molecule has 2 aromatic rings. The van der Waals surface area contributed by atoms with Gasteiger partial charge in [-0.25, -0.2) is 0 Å². The van der Waals surface area contributed by atoms with Gasteiger partial charge in [-0.2, -0.15) is 0 Å². The van der Waals surface area contributed by atoms with Crippen LogP contribution in [-0.4, -0.2) is 6.04 Å².